The van der Waals surface area contributed by atoms with Gasteiger partial charge in [-0.3, -0.25) is 9.59 Å². The lowest BCUT2D eigenvalue weighted by atomic mass is 9.49. The molecule has 27 heavy (non-hydrogen) atoms. The average molecular weight is 370 g/mol. The number of hydrogen-bond acceptors (Lipinski definition) is 3. The average Bonchev–Trinajstić information content (AvgIpc) is 2.60. The Hall–Kier alpha value is -1.84. The quantitative estimate of drug-likeness (QED) is 0.778. The number of carbonyl (C=O) groups is 2. The van der Waals surface area contributed by atoms with Gasteiger partial charge in [0.2, 0.25) is 0 Å². The van der Waals surface area contributed by atoms with Crippen LogP contribution in [0, 0.1) is 37.0 Å². The number of hydrogen-bond donors (Lipinski definition) is 1. The second-order valence-corrected chi connectivity index (χ2v) is 9.45. The molecule has 0 atom stereocenters. The Kier molecular flexibility index (Phi) is 5.00. The molecule has 0 aliphatic heterocycles. The van der Waals surface area contributed by atoms with Crippen molar-refractivity contribution in [3.8, 4) is 0 Å². The van der Waals surface area contributed by atoms with Gasteiger partial charge in [0, 0.05) is 6.54 Å². The minimum atomic E-state index is -0.344. The van der Waals surface area contributed by atoms with Crippen molar-refractivity contribution in [3.63, 3.8) is 0 Å². The molecule has 1 amide bonds. The molecule has 4 bridgehead atoms. The molecule has 1 N–H and O–H groups in total. The van der Waals surface area contributed by atoms with Crippen LogP contribution in [0.3, 0.4) is 0 Å². The molecule has 4 heteroatoms. The molecular weight excluding hydrogens is 338 g/mol. The van der Waals surface area contributed by atoms with E-state index in [1.165, 1.54) is 44.1 Å². The van der Waals surface area contributed by atoms with Gasteiger partial charge >= 0.3 is 5.97 Å². The number of amides is 1. The summed E-state index contributed by atoms with van der Waals surface area (Å²) in [6.45, 7) is 4.66. The van der Waals surface area contributed by atoms with Crippen LogP contribution in [0.25, 0.3) is 0 Å². The third-order valence-electron chi connectivity index (χ3n) is 7.11. The van der Waals surface area contributed by atoms with Crippen LogP contribution in [-0.4, -0.2) is 25.0 Å². The second kappa shape index (κ2) is 7.29. The Balaban J connectivity index is 1.22. The summed E-state index contributed by atoms with van der Waals surface area (Å²) in [6, 6.07) is 5.95. The highest BCUT2D eigenvalue weighted by Gasteiger charge is 2.50. The van der Waals surface area contributed by atoms with Crippen molar-refractivity contribution in [2.24, 2.45) is 23.2 Å². The Morgan fingerprint density at radius 2 is 1.67 bits per heavy atom. The molecule has 0 radical (unpaired) electrons. The first-order valence-electron chi connectivity index (χ1n) is 10.4. The summed E-state index contributed by atoms with van der Waals surface area (Å²) >= 11 is 0. The van der Waals surface area contributed by atoms with Gasteiger partial charge in [0.25, 0.3) is 5.91 Å². The Morgan fingerprint density at radius 1 is 1.04 bits per heavy atom. The van der Waals surface area contributed by atoms with E-state index < -0.39 is 0 Å². The molecule has 1 aromatic carbocycles. The van der Waals surface area contributed by atoms with Gasteiger partial charge in [-0.1, -0.05) is 18.2 Å². The van der Waals surface area contributed by atoms with Crippen molar-refractivity contribution in [1.29, 1.82) is 0 Å². The highest BCUT2D eigenvalue weighted by Crippen LogP contribution is 2.59. The van der Waals surface area contributed by atoms with E-state index in [-0.39, 0.29) is 24.9 Å². The van der Waals surface area contributed by atoms with Crippen LogP contribution in [-0.2, 0) is 20.7 Å². The molecule has 4 fully saturated rings. The van der Waals surface area contributed by atoms with Crippen molar-refractivity contribution in [2.45, 2.75) is 58.8 Å². The summed E-state index contributed by atoms with van der Waals surface area (Å²) in [5, 5.41) is 3.06. The first-order valence-corrected chi connectivity index (χ1v) is 10.4. The molecule has 4 saturated carbocycles. The number of benzene rings is 1. The van der Waals surface area contributed by atoms with Crippen LogP contribution in [0.1, 0.15) is 55.2 Å². The summed E-state index contributed by atoms with van der Waals surface area (Å²) in [5.41, 5.74) is 3.61. The summed E-state index contributed by atoms with van der Waals surface area (Å²) in [6.07, 6.45) is 8.24. The van der Waals surface area contributed by atoms with Crippen molar-refractivity contribution in [1.82, 2.24) is 5.32 Å². The monoisotopic (exact) mass is 369 g/mol. The largest absolute Gasteiger partial charge is 0.455 e. The van der Waals surface area contributed by atoms with E-state index in [0.29, 0.717) is 5.41 Å². The molecule has 4 aliphatic rings. The number of esters is 1. The molecule has 0 spiro atoms. The summed E-state index contributed by atoms with van der Waals surface area (Å²) in [4.78, 5) is 24.2. The van der Waals surface area contributed by atoms with Crippen molar-refractivity contribution in [2.75, 3.05) is 13.2 Å². The van der Waals surface area contributed by atoms with Crippen LogP contribution in [0.5, 0.6) is 0 Å². The van der Waals surface area contributed by atoms with Crippen molar-refractivity contribution in [3.05, 3.63) is 34.9 Å². The van der Waals surface area contributed by atoms with Crippen LogP contribution in [0.2, 0.25) is 0 Å². The van der Waals surface area contributed by atoms with Gasteiger partial charge in [0.1, 0.15) is 0 Å². The van der Waals surface area contributed by atoms with E-state index in [1.54, 1.807) is 0 Å². The minimum absolute atomic E-state index is 0.167. The first-order chi connectivity index (χ1) is 12.9. The van der Waals surface area contributed by atoms with Gasteiger partial charge in [-0.25, -0.2) is 0 Å². The Bertz CT molecular complexity index is 704. The van der Waals surface area contributed by atoms with E-state index in [4.69, 9.17) is 4.74 Å². The molecular formula is C23H31NO3. The fourth-order valence-electron chi connectivity index (χ4n) is 6.12. The lowest BCUT2D eigenvalue weighted by Gasteiger charge is -2.56. The minimum Gasteiger partial charge on any atom is -0.455 e. The zero-order chi connectivity index (χ0) is 19.0. The van der Waals surface area contributed by atoms with Gasteiger partial charge in [-0.05, 0) is 92.2 Å². The maximum absolute atomic E-state index is 12.2. The second-order valence-electron chi connectivity index (χ2n) is 9.45. The Morgan fingerprint density at radius 3 is 2.26 bits per heavy atom. The molecule has 0 aromatic heterocycles. The van der Waals surface area contributed by atoms with Gasteiger partial charge in [0.15, 0.2) is 6.61 Å². The normalized spacial score (nSPS) is 31.0. The number of ether oxygens (including phenoxy) is 1. The smallest absolute Gasteiger partial charge is 0.310 e. The van der Waals surface area contributed by atoms with Crippen LogP contribution in [0.4, 0.5) is 0 Å². The number of carbonyl (C=O) groups excluding carboxylic acids is 2. The van der Waals surface area contributed by atoms with Crippen LogP contribution in [0.15, 0.2) is 18.2 Å². The van der Waals surface area contributed by atoms with Gasteiger partial charge in [0.05, 0.1) is 6.42 Å². The fraction of sp³-hybridized carbons (Fsp3) is 0.652. The van der Waals surface area contributed by atoms with Crippen LogP contribution < -0.4 is 5.32 Å². The highest BCUT2D eigenvalue weighted by atomic mass is 16.5. The predicted molar refractivity (Wildman–Crippen MR) is 104 cm³/mol. The SMILES string of the molecule is Cc1ccc(CC(=O)OCC(=O)NCC23CC4CC(CC(C4)C2)C3)cc1C. The van der Waals surface area contributed by atoms with E-state index in [0.717, 1.165) is 35.4 Å². The lowest BCUT2D eigenvalue weighted by molar-refractivity contribution is -0.148. The maximum atomic E-state index is 12.2. The van der Waals surface area contributed by atoms with E-state index >= 15 is 0 Å². The maximum Gasteiger partial charge on any atom is 0.310 e. The molecule has 0 saturated heterocycles. The molecule has 4 aliphatic carbocycles. The summed E-state index contributed by atoms with van der Waals surface area (Å²) in [5.74, 6) is 2.12. The Labute approximate surface area is 162 Å². The summed E-state index contributed by atoms with van der Waals surface area (Å²) in [7, 11) is 0. The highest BCUT2D eigenvalue weighted by molar-refractivity contribution is 5.81. The number of rotatable bonds is 6. The molecule has 5 rings (SSSR count). The molecule has 146 valence electrons. The topological polar surface area (TPSA) is 55.4 Å². The lowest BCUT2D eigenvalue weighted by Crippen LogP contribution is -2.51. The predicted octanol–water partition coefficient (Wildman–Crippen LogP) is 3.72. The van der Waals surface area contributed by atoms with Gasteiger partial charge in [-0.2, -0.15) is 0 Å². The molecule has 0 heterocycles. The third kappa shape index (κ3) is 4.20. The van der Waals surface area contributed by atoms with E-state index in [9.17, 15) is 9.59 Å². The molecule has 0 unspecified atom stereocenters. The fourth-order valence-corrected chi connectivity index (χ4v) is 6.12. The molecule has 1 aromatic rings. The third-order valence-corrected chi connectivity index (χ3v) is 7.11. The van der Waals surface area contributed by atoms with E-state index in [2.05, 4.69) is 5.32 Å². The first kappa shape index (κ1) is 18.5. The summed E-state index contributed by atoms with van der Waals surface area (Å²) < 4.78 is 5.20. The molecule has 4 nitrogen and oxygen atoms in total. The zero-order valence-corrected chi connectivity index (χ0v) is 16.6. The van der Waals surface area contributed by atoms with Crippen molar-refractivity contribution >= 4 is 11.9 Å². The number of nitrogens with one attached hydrogen (secondary N) is 1. The number of aryl methyl sites for hydroxylation is 2. The van der Waals surface area contributed by atoms with Crippen molar-refractivity contribution < 1.29 is 14.3 Å². The van der Waals surface area contributed by atoms with E-state index in [1.807, 2.05) is 32.0 Å². The van der Waals surface area contributed by atoms with Gasteiger partial charge < -0.3 is 10.1 Å². The standard InChI is InChI=1S/C23H31NO3/c1-15-3-4-17(5-16(15)2)9-22(26)27-13-21(25)24-14-23-10-18-6-19(11-23)8-20(7-18)12-23/h3-5,18-20H,6-14H2,1-2H3,(H,24,25). The zero-order valence-electron chi connectivity index (χ0n) is 16.6. The van der Waals surface area contributed by atoms with Gasteiger partial charge in [-0.15, -0.1) is 0 Å². The van der Waals surface area contributed by atoms with Crippen LogP contribution >= 0.6 is 0 Å².